The van der Waals surface area contributed by atoms with Crippen LogP contribution in [-0.4, -0.2) is 69.2 Å². The Morgan fingerprint density at radius 3 is 2.70 bits per heavy atom. The van der Waals surface area contributed by atoms with E-state index < -0.39 is 27.8 Å². The Labute approximate surface area is 118 Å². The van der Waals surface area contributed by atoms with E-state index in [0.29, 0.717) is 13.1 Å². The lowest BCUT2D eigenvalue weighted by atomic mass is 10.2. The van der Waals surface area contributed by atoms with Gasteiger partial charge in [-0.05, 0) is 13.8 Å². The topological polar surface area (TPSA) is 105 Å². The highest BCUT2D eigenvalue weighted by atomic mass is 32.2. The molecule has 0 aliphatic carbocycles. The lowest BCUT2D eigenvalue weighted by Gasteiger charge is -2.33. The predicted molar refractivity (Wildman–Crippen MR) is 72.5 cm³/mol. The van der Waals surface area contributed by atoms with Crippen LogP contribution in [0.15, 0.2) is 0 Å². The van der Waals surface area contributed by atoms with E-state index in [4.69, 9.17) is 0 Å². The van der Waals surface area contributed by atoms with Crippen molar-refractivity contribution in [1.82, 2.24) is 14.9 Å². The summed E-state index contributed by atoms with van der Waals surface area (Å²) in [6.45, 7) is 4.73. The van der Waals surface area contributed by atoms with Crippen LogP contribution in [0.1, 0.15) is 13.8 Å². The number of nitrogens with one attached hydrogen (secondary N) is 2. The Bertz CT molecular complexity index is 451. The van der Waals surface area contributed by atoms with Gasteiger partial charge in [0.2, 0.25) is 15.9 Å². The maximum Gasteiger partial charge on any atom is 0.322 e. The van der Waals surface area contributed by atoms with Crippen molar-refractivity contribution in [2.24, 2.45) is 0 Å². The number of hydrogen-bond donors (Lipinski definition) is 2. The number of rotatable bonds is 6. The molecule has 1 atom stereocenters. The summed E-state index contributed by atoms with van der Waals surface area (Å²) in [4.78, 5) is 23.3. The molecule has 2 N–H and O–H groups in total. The standard InChI is InChI=1S/C11H21N3O5S/c1-3-13-11(16)9-7-12-5-6-14(9)20(17,18)8-10(15)19-4-2/h9,12H,3-8H2,1-2H3,(H,13,16). The minimum atomic E-state index is -3.86. The Balaban J connectivity index is 2.83. The van der Waals surface area contributed by atoms with Gasteiger partial charge in [0.15, 0.2) is 5.75 Å². The normalized spacial score (nSPS) is 20.4. The van der Waals surface area contributed by atoms with Crippen LogP contribution in [0.4, 0.5) is 0 Å². The molecule has 0 aromatic heterocycles. The van der Waals surface area contributed by atoms with E-state index in [-0.39, 0.29) is 25.6 Å². The quantitative estimate of drug-likeness (QED) is 0.566. The third kappa shape index (κ3) is 4.43. The van der Waals surface area contributed by atoms with Crippen LogP contribution in [0.5, 0.6) is 0 Å². The van der Waals surface area contributed by atoms with Crippen LogP contribution < -0.4 is 10.6 Å². The molecule has 1 saturated heterocycles. The van der Waals surface area contributed by atoms with Crippen LogP contribution in [0.2, 0.25) is 0 Å². The molecular weight excluding hydrogens is 286 g/mol. The van der Waals surface area contributed by atoms with Gasteiger partial charge < -0.3 is 15.4 Å². The Morgan fingerprint density at radius 2 is 2.10 bits per heavy atom. The molecule has 0 aromatic rings. The number of ether oxygens (including phenoxy) is 1. The van der Waals surface area contributed by atoms with Crippen LogP contribution in [-0.2, 0) is 24.3 Å². The van der Waals surface area contributed by atoms with Gasteiger partial charge in [0.1, 0.15) is 6.04 Å². The van der Waals surface area contributed by atoms with Crippen molar-refractivity contribution in [3.8, 4) is 0 Å². The molecule has 0 aromatic carbocycles. The van der Waals surface area contributed by atoms with Crippen LogP contribution >= 0.6 is 0 Å². The fourth-order valence-corrected chi connectivity index (χ4v) is 3.44. The van der Waals surface area contributed by atoms with Crippen molar-refractivity contribution in [3.63, 3.8) is 0 Å². The molecule has 116 valence electrons. The zero-order valence-corrected chi connectivity index (χ0v) is 12.5. The monoisotopic (exact) mass is 307 g/mol. The molecule has 1 heterocycles. The number of nitrogens with zero attached hydrogens (tertiary/aromatic N) is 1. The molecule has 0 saturated carbocycles. The number of hydrogen-bond acceptors (Lipinski definition) is 6. The first-order valence-electron chi connectivity index (χ1n) is 6.56. The van der Waals surface area contributed by atoms with Gasteiger partial charge in [-0.15, -0.1) is 0 Å². The summed E-state index contributed by atoms with van der Waals surface area (Å²) < 4.78 is 30.1. The molecule has 0 spiro atoms. The minimum Gasteiger partial charge on any atom is -0.465 e. The number of esters is 1. The molecule has 1 amide bonds. The predicted octanol–water partition coefficient (Wildman–Crippen LogP) is -1.71. The molecular formula is C11H21N3O5S. The Morgan fingerprint density at radius 1 is 1.40 bits per heavy atom. The van der Waals surface area contributed by atoms with E-state index in [1.165, 1.54) is 0 Å². The summed E-state index contributed by atoms with van der Waals surface area (Å²) in [5.74, 6) is -1.91. The van der Waals surface area contributed by atoms with Gasteiger partial charge in [-0.25, -0.2) is 8.42 Å². The summed E-state index contributed by atoms with van der Waals surface area (Å²) >= 11 is 0. The second-order valence-electron chi connectivity index (χ2n) is 4.29. The first kappa shape index (κ1) is 16.9. The molecule has 9 heteroatoms. The van der Waals surface area contributed by atoms with Gasteiger partial charge in [-0.1, -0.05) is 0 Å². The number of carbonyl (C=O) groups is 2. The van der Waals surface area contributed by atoms with Crippen molar-refractivity contribution >= 4 is 21.9 Å². The Hall–Kier alpha value is -1.19. The number of sulfonamides is 1. The van der Waals surface area contributed by atoms with Crippen LogP contribution in [0.25, 0.3) is 0 Å². The molecule has 8 nitrogen and oxygen atoms in total. The van der Waals surface area contributed by atoms with E-state index >= 15 is 0 Å². The van der Waals surface area contributed by atoms with Crippen LogP contribution in [0.3, 0.4) is 0 Å². The maximum atomic E-state index is 12.2. The molecule has 1 aliphatic heterocycles. The number of carbonyl (C=O) groups excluding carboxylic acids is 2. The fraction of sp³-hybridized carbons (Fsp3) is 0.818. The highest BCUT2D eigenvalue weighted by Gasteiger charge is 2.37. The smallest absolute Gasteiger partial charge is 0.322 e. The highest BCUT2D eigenvalue weighted by Crippen LogP contribution is 2.11. The van der Waals surface area contributed by atoms with Crippen LogP contribution in [0, 0.1) is 0 Å². The zero-order valence-electron chi connectivity index (χ0n) is 11.7. The molecule has 0 bridgehead atoms. The van der Waals surface area contributed by atoms with Gasteiger partial charge in [-0.3, -0.25) is 9.59 Å². The lowest BCUT2D eigenvalue weighted by Crippen LogP contribution is -2.60. The SMILES string of the molecule is CCNC(=O)C1CNCCN1S(=O)(=O)CC(=O)OCC. The third-order valence-electron chi connectivity index (χ3n) is 2.81. The highest BCUT2D eigenvalue weighted by molar-refractivity contribution is 7.89. The van der Waals surface area contributed by atoms with Gasteiger partial charge >= 0.3 is 5.97 Å². The average Bonchev–Trinajstić information content (AvgIpc) is 2.38. The van der Waals surface area contributed by atoms with E-state index in [1.54, 1.807) is 13.8 Å². The first-order valence-corrected chi connectivity index (χ1v) is 8.16. The van der Waals surface area contributed by atoms with E-state index in [2.05, 4.69) is 15.4 Å². The maximum absolute atomic E-state index is 12.2. The lowest BCUT2D eigenvalue weighted by molar-refractivity contribution is -0.140. The Kier molecular flexibility index (Phi) is 6.37. The van der Waals surface area contributed by atoms with E-state index in [9.17, 15) is 18.0 Å². The molecule has 1 rings (SSSR count). The van der Waals surface area contributed by atoms with Crippen molar-refractivity contribution in [1.29, 1.82) is 0 Å². The summed E-state index contributed by atoms with van der Waals surface area (Å²) in [6.07, 6.45) is 0. The second kappa shape index (κ2) is 7.55. The third-order valence-corrected chi connectivity index (χ3v) is 4.56. The van der Waals surface area contributed by atoms with Gasteiger partial charge in [0.05, 0.1) is 6.61 Å². The molecule has 20 heavy (non-hydrogen) atoms. The summed E-state index contributed by atoms with van der Waals surface area (Å²) in [6, 6.07) is -0.830. The van der Waals surface area contributed by atoms with Gasteiger partial charge in [0.25, 0.3) is 0 Å². The summed E-state index contributed by atoms with van der Waals surface area (Å²) in [5, 5.41) is 5.57. The molecule has 0 radical (unpaired) electrons. The van der Waals surface area contributed by atoms with E-state index in [1.807, 2.05) is 0 Å². The summed E-state index contributed by atoms with van der Waals surface area (Å²) in [7, 11) is -3.86. The minimum absolute atomic E-state index is 0.121. The summed E-state index contributed by atoms with van der Waals surface area (Å²) in [5.41, 5.74) is 0. The van der Waals surface area contributed by atoms with Crippen molar-refractivity contribution in [3.05, 3.63) is 0 Å². The number of amides is 1. The average molecular weight is 307 g/mol. The first-order chi connectivity index (χ1) is 9.42. The van der Waals surface area contributed by atoms with Crippen molar-refractivity contribution in [2.75, 3.05) is 38.5 Å². The van der Waals surface area contributed by atoms with E-state index in [0.717, 1.165) is 4.31 Å². The zero-order chi connectivity index (χ0) is 15.2. The fourth-order valence-electron chi connectivity index (χ4n) is 1.97. The van der Waals surface area contributed by atoms with Crippen molar-refractivity contribution < 1.29 is 22.7 Å². The van der Waals surface area contributed by atoms with Gasteiger partial charge in [-0.2, -0.15) is 4.31 Å². The second-order valence-corrected chi connectivity index (χ2v) is 6.21. The molecule has 1 unspecified atom stereocenters. The van der Waals surface area contributed by atoms with Crippen molar-refractivity contribution in [2.45, 2.75) is 19.9 Å². The molecule has 1 fully saturated rings. The number of likely N-dealkylation sites (N-methyl/N-ethyl adjacent to an activating group) is 1. The largest absolute Gasteiger partial charge is 0.465 e. The number of piperazine rings is 1. The molecule has 1 aliphatic rings. The van der Waals surface area contributed by atoms with Gasteiger partial charge in [0, 0.05) is 26.2 Å².